The van der Waals surface area contributed by atoms with E-state index in [1.54, 1.807) is 6.39 Å². The molecule has 2 rings (SSSR count). The molecule has 0 unspecified atom stereocenters. The van der Waals surface area contributed by atoms with Crippen molar-refractivity contribution in [1.29, 1.82) is 0 Å². The van der Waals surface area contributed by atoms with Gasteiger partial charge in [-0.05, 0) is 6.54 Å². The van der Waals surface area contributed by atoms with E-state index in [1.165, 1.54) is 0 Å². The van der Waals surface area contributed by atoms with Crippen molar-refractivity contribution in [3.63, 3.8) is 0 Å². The summed E-state index contributed by atoms with van der Waals surface area (Å²) in [7, 11) is 0. The van der Waals surface area contributed by atoms with E-state index in [9.17, 15) is 0 Å². The molecular formula is C8H12N2O. The van der Waals surface area contributed by atoms with Gasteiger partial charge in [0.15, 0.2) is 6.39 Å². The Morgan fingerprint density at radius 3 is 3.45 bits per heavy atom. The lowest BCUT2D eigenvalue weighted by atomic mass is 10.2. The summed E-state index contributed by atoms with van der Waals surface area (Å²) in [6.07, 6.45) is 2.59. The molecule has 0 spiro atoms. The monoisotopic (exact) mass is 152 g/mol. The highest BCUT2D eigenvalue weighted by Gasteiger charge is 2.17. The fourth-order valence-electron chi connectivity index (χ4n) is 1.44. The standard InChI is InChI=1S/C8H12N2O/c1-2-10-4-3-7-8(5-10)11-6-9-7/h6H,2-5H2,1H3. The molecule has 0 saturated heterocycles. The van der Waals surface area contributed by atoms with Gasteiger partial charge in [-0.2, -0.15) is 0 Å². The van der Waals surface area contributed by atoms with E-state index in [0.717, 1.165) is 37.5 Å². The van der Waals surface area contributed by atoms with E-state index < -0.39 is 0 Å². The Morgan fingerprint density at radius 1 is 1.73 bits per heavy atom. The van der Waals surface area contributed by atoms with E-state index in [-0.39, 0.29) is 0 Å². The molecule has 0 radical (unpaired) electrons. The molecule has 1 aliphatic rings. The van der Waals surface area contributed by atoms with Crippen molar-refractivity contribution in [3.8, 4) is 0 Å². The Labute approximate surface area is 66.0 Å². The number of rotatable bonds is 1. The Bertz CT molecular complexity index is 244. The van der Waals surface area contributed by atoms with Crippen LogP contribution in [-0.4, -0.2) is 23.0 Å². The van der Waals surface area contributed by atoms with Crippen molar-refractivity contribution < 1.29 is 4.42 Å². The lowest BCUT2D eigenvalue weighted by molar-refractivity contribution is 0.240. The number of nitrogens with zero attached hydrogens (tertiary/aromatic N) is 2. The van der Waals surface area contributed by atoms with Gasteiger partial charge in [0.25, 0.3) is 0 Å². The summed E-state index contributed by atoms with van der Waals surface area (Å²) >= 11 is 0. The van der Waals surface area contributed by atoms with Crippen molar-refractivity contribution in [3.05, 3.63) is 17.8 Å². The highest BCUT2D eigenvalue weighted by atomic mass is 16.3. The van der Waals surface area contributed by atoms with Gasteiger partial charge < -0.3 is 4.42 Å². The smallest absolute Gasteiger partial charge is 0.181 e. The fraction of sp³-hybridized carbons (Fsp3) is 0.625. The molecule has 0 aliphatic carbocycles. The number of likely N-dealkylation sites (N-methyl/N-ethyl adjacent to an activating group) is 1. The second-order valence-electron chi connectivity index (χ2n) is 2.84. The third-order valence-electron chi connectivity index (χ3n) is 2.20. The van der Waals surface area contributed by atoms with Crippen LogP contribution in [0, 0.1) is 0 Å². The summed E-state index contributed by atoms with van der Waals surface area (Å²) in [5.74, 6) is 1.05. The van der Waals surface area contributed by atoms with Gasteiger partial charge in [0, 0.05) is 13.0 Å². The predicted molar refractivity (Wildman–Crippen MR) is 41.2 cm³/mol. The third-order valence-corrected chi connectivity index (χ3v) is 2.20. The Balaban J connectivity index is 2.18. The molecule has 0 aromatic carbocycles. The van der Waals surface area contributed by atoms with Crippen LogP contribution in [-0.2, 0) is 13.0 Å². The van der Waals surface area contributed by atoms with Crippen LogP contribution in [0.2, 0.25) is 0 Å². The van der Waals surface area contributed by atoms with Crippen LogP contribution in [0.15, 0.2) is 10.8 Å². The van der Waals surface area contributed by atoms with Gasteiger partial charge in [-0.1, -0.05) is 6.92 Å². The molecule has 60 valence electrons. The molecule has 11 heavy (non-hydrogen) atoms. The van der Waals surface area contributed by atoms with Crippen molar-refractivity contribution in [2.24, 2.45) is 0 Å². The molecular weight excluding hydrogens is 140 g/mol. The molecule has 0 saturated carbocycles. The van der Waals surface area contributed by atoms with Crippen LogP contribution in [0.1, 0.15) is 18.4 Å². The molecule has 0 N–H and O–H groups in total. The lowest BCUT2D eigenvalue weighted by Crippen LogP contribution is -2.29. The summed E-state index contributed by atoms with van der Waals surface area (Å²) in [5.41, 5.74) is 1.15. The first kappa shape index (κ1) is 6.85. The number of oxazole rings is 1. The average Bonchev–Trinajstić information content (AvgIpc) is 2.50. The molecule has 0 bridgehead atoms. The highest BCUT2D eigenvalue weighted by Crippen LogP contribution is 2.16. The zero-order valence-corrected chi connectivity index (χ0v) is 6.71. The molecule has 1 aromatic heterocycles. The van der Waals surface area contributed by atoms with Crippen LogP contribution >= 0.6 is 0 Å². The van der Waals surface area contributed by atoms with Gasteiger partial charge in [0.05, 0.1) is 12.2 Å². The second kappa shape index (κ2) is 2.66. The largest absolute Gasteiger partial charge is 0.447 e. The Morgan fingerprint density at radius 2 is 2.64 bits per heavy atom. The minimum absolute atomic E-state index is 0.936. The number of hydrogen-bond donors (Lipinski definition) is 0. The molecule has 0 fully saturated rings. The van der Waals surface area contributed by atoms with Crippen molar-refractivity contribution in [1.82, 2.24) is 9.88 Å². The molecule has 0 atom stereocenters. The number of aromatic nitrogens is 1. The Kier molecular flexibility index (Phi) is 1.66. The highest BCUT2D eigenvalue weighted by molar-refractivity contribution is 5.10. The first-order valence-electron chi connectivity index (χ1n) is 4.03. The first-order valence-corrected chi connectivity index (χ1v) is 4.03. The molecule has 3 nitrogen and oxygen atoms in total. The maximum absolute atomic E-state index is 5.24. The summed E-state index contributed by atoms with van der Waals surface area (Å²) < 4.78 is 5.24. The van der Waals surface area contributed by atoms with Crippen LogP contribution < -0.4 is 0 Å². The quantitative estimate of drug-likeness (QED) is 0.602. The number of hydrogen-bond acceptors (Lipinski definition) is 3. The molecule has 1 aromatic rings. The molecule has 0 amide bonds. The zero-order valence-electron chi connectivity index (χ0n) is 6.71. The second-order valence-corrected chi connectivity index (χ2v) is 2.84. The zero-order chi connectivity index (χ0) is 7.68. The molecule has 2 heterocycles. The molecule has 3 heteroatoms. The van der Waals surface area contributed by atoms with E-state index in [2.05, 4.69) is 16.8 Å². The lowest BCUT2D eigenvalue weighted by Gasteiger charge is -2.22. The van der Waals surface area contributed by atoms with Gasteiger partial charge in [0.2, 0.25) is 0 Å². The topological polar surface area (TPSA) is 29.3 Å². The van der Waals surface area contributed by atoms with Crippen LogP contribution in [0.3, 0.4) is 0 Å². The average molecular weight is 152 g/mol. The van der Waals surface area contributed by atoms with E-state index in [4.69, 9.17) is 4.42 Å². The maximum Gasteiger partial charge on any atom is 0.181 e. The third kappa shape index (κ3) is 1.16. The predicted octanol–water partition coefficient (Wildman–Crippen LogP) is 1.05. The van der Waals surface area contributed by atoms with Gasteiger partial charge >= 0.3 is 0 Å². The summed E-state index contributed by atoms with van der Waals surface area (Å²) in [4.78, 5) is 6.49. The van der Waals surface area contributed by atoms with Crippen molar-refractivity contribution >= 4 is 0 Å². The van der Waals surface area contributed by atoms with Crippen LogP contribution in [0.5, 0.6) is 0 Å². The minimum atomic E-state index is 0.936. The molecule has 1 aliphatic heterocycles. The minimum Gasteiger partial charge on any atom is -0.447 e. The number of fused-ring (bicyclic) bond motifs is 1. The van der Waals surface area contributed by atoms with E-state index in [1.807, 2.05) is 0 Å². The van der Waals surface area contributed by atoms with Crippen LogP contribution in [0.4, 0.5) is 0 Å². The summed E-state index contributed by atoms with van der Waals surface area (Å²) in [6, 6.07) is 0. The Hall–Kier alpha value is -0.830. The normalized spacial score (nSPS) is 18.3. The van der Waals surface area contributed by atoms with E-state index in [0.29, 0.717) is 0 Å². The van der Waals surface area contributed by atoms with Gasteiger partial charge in [-0.3, -0.25) is 4.90 Å². The van der Waals surface area contributed by atoms with Gasteiger partial charge in [0.1, 0.15) is 5.76 Å². The van der Waals surface area contributed by atoms with Crippen LogP contribution in [0.25, 0.3) is 0 Å². The SMILES string of the molecule is CCN1CCc2ncoc2C1. The van der Waals surface area contributed by atoms with Gasteiger partial charge in [-0.15, -0.1) is 0 Å². The van der Waals surface area contributed by atoms with Crippen molar-refractivity contribution in [2.45, 2.75) is 19.9 Å². The first-order chi connectivity index (χ1) is 5.40. The van der Waals surface area contributed by atoms with Crippen molar-refractivity contribution in [2.75, 3.05) is 13.1 Å². The maximum atomic E-state index is 5.24. The summed E-state index contributed by atoms with van der Waals surface area (Å²) in [6.45, 7) is 5.32. The summed E-state index contributed by atoms with van der Waals surface area (Å²) in [5, 5.41) is 0. The fourth-order valence-corrected chi connectivity index (χ4v) is 1.44. The van der Waals surface area contributed by atoms with E-state index >= 15 is 0 Å². The van der Waals surface area contributed by atoms with Gasteiger partial charge in [-0.25, -0.2) is 4.98 Å².